The Morgan fingerprint density at radius 2 is 1.95 bits per heavy atom. The van der Waals surface area contributed by atoms with Crippen molar-refractivity contribution in [1.82, 2.24) is 0 Å². The summed E-state index contributed by atoms with van der Waals surface area (Å²) >= 11 is 0. The van der Waals surface area contributed by atoms with Gasteiger partial charge in [0.2, 0.25) is 5.91 Å². The maximum absolute atomic E-state index is 12.1. The number of carboxylic acid groups (broad SMARTS) is 1. The van der Waals surface area contributed by atoms with E-state index in [1.165, 1.54) is 19.1 Å². The molecule has 0 saturated carbocycles. The van der Waals surface area contributed by atoms with Crippen molar-refractivity contribution in [3.63, 3.8) is 0 Å². The number of likely N-dealkylation sites (N-methyl/N-ethyl adjacent to an activating group) is 1. The number of fused-ring (bicyclic) bond motifs is 1. The molecule has 0 fully saturated rings. The summed E-state index contributed by atoms with van der Waals surface area (Å²) in [6, 6.07) is 2.57. The van der Waals surface area contributed by atoms with Crippen LogP contribution in [0, 0.1) is 0 Å². The van der Waals surface area contributed by atoms with Crippen molar-refractivity contribution in [1.29, 1.82) is 0 Å². The number of nitrogens with zero attached hydrogens (tertiary/aromatic N) is 1. The molecule has 2 rings (SSSR count). The Bertz CT molecular complexity index is 558. The van der Waals surface area contributed by atoms with Crippen LogP contribution in [-0.4, -0.2) is 44.3 Å². The second-order valence-corrected chi connectivity index (χ2v) is 4.42. The van der Waals surface area contributed by atoms with Crippen molar-refractivity contribution in [2.45, 2.75) is 12.5 Å². The monoisotopic (exact) mass is 280 g/mol. The fraction of sp³-hybridized carbons (Fsp3) is 0.385. The van der Waals surface area contributed by atoms with E-state index in [4.69, 9.17) is 14.6 Å². The van der Waals surface area contributed by atoms with Gasteiger partial charge in [-0.1, -0.05) is 0 Å². The van der Waals surface area contributed by atoms with Gasteiger partial charge < -0.3 is 24.8 Å². The first kappa shape index (κ1) is 14.0. The number of hydrogen-bond donors (Lipinski definition) is 2. The number of aliphatic carboxylic acids is 1. The van der Waals surface area contributed by atoms with Gasteiger partial charge in [-0.3, -0.25) is 9.59 Å². The maximum atomic E-state index is 12.1. The minimum Gasteiger partial charge on any atom is -0.493 e. The molecule has 0 aliphatic carbocycles. The van der Waals surface area contributed by atoms with Crippen molar-refractivity contribution >= 4 is 23.3 Å². The first-order valence-electron chi connectivity index (χ1n) is 5.99. The largest absolute Gasteiger partial charge is 0.493 e. The number of amides is 1. The predicted molar refractivity (Wildman–Crippen MR) is 72.6 cm³/mol. The summed E-state index contributed by atoms with van der Waals surface area (Å²) in [6.45, 7) is 0. The molecule has 20 heavy (non-hydrogen) atoms. The highest BCUT2D eigenvalue weighted by atomic mass is 16.5. The number of carbonyl (C=O) groups excluding carboxylic acids is 1. The zero-order valence-corrected chi connectivity index (χ0v) is 11.5. The lowest BCUT2D eigenvalue weighted by Gasteiger charge is -2.33. The first-order valence-corrected chi connectivity index (χ1v) is 5.99. The molecular weight excluding hydrogens is 264 g/mol. The molecule has 1 aromatic carbocycles. The molecule has 1 amide bonds. The molecule has 7 heteroatoms. The third-order valence-electron chi connectivity index (χ3n) is 3.20. The van der Waals surface area contributed by atoms with Gasteiger partial charge in [0.1, 0.15) is 6.04 Å². The van der Waals surface area contributed by atoms with E-state index in [1.54, 1.807) is 19.2 Å². The van der Waals surface area contributed by atoms with Gasteiger partial charge in [0, 0.05) is 19.2 Å². The number of nitrogens with one attached hydrogen (secondary N) is 1. The van der Waals surface area contributed by atoms with E-state index in [-0.39, 0.29) is 12.3 Å². The molecule has 1 atom stereocenters. The molecule has 1 unspecified atom stereocenters. The van der Waals surface area contributed by atoms with Crippen molar-refractivity contribution in [3.8, 4) is 11.5 Å². The molecule has 7 nitrogen and oxygen atoms in total. The Morgan fingerprint density at radius 3 is 2.50 bits per heavy atom. The third kappa shape index (κ3) is 2.34. The topological polar surface area (TPSA) is 88.1 Å². The Morgan fingerprint density at radius 1 is 1.35 bits per heavy atom. The number of anilines is 2. The summed E-state index contributed by atoms with van der Waals surface area (Å²) in [4.78, 5) is 24.3. The van der Waals surface area contributed by atoms with Gasteiger partial charge in [0.25, 0.3) is 0 Å². The Balaban J connectivity index is 2.43. The smallest absolute Gasteiger partial charge is 0.305 e. The molecule has 1 heterocycles. The molecule has 2 N–H and O–H groups in total. The highest BCUT2D eigenvalue weighted by molar-refractivity contribution is 6.06. The number of ether oxygens (including phenoxy) is 2. The van der Waals surface area contributed by atoms with Crippen LogP contribution in [0.1, 0.15) is 6.42 Å². The van der Waals surface area contributed by atoms with E-state index in [2.05, 4.69) is 5.32 Å². The van der Waals surface area contributed by atoms with Gasteiger partial charge in [-0.25, -0.2) is 0 Å². The van der Waals surface area contributed by atoms with Gasteiger partial charge in [0.05, 0.1) is 32.0 Å². The van der Waals surface area contributed by atoms with Gasteiger partial charge in [-0.2, -0.15) is 0 Å². The molecule has 108 valence electrons. The molecule has 0 radical (unpaired) electrons. The molecule has 1 aromatic rings. The molecule has 1 aliphatic heterocycles. The van der Waals surface area contributed by atoms with Gasteiger partial charge in [0.15, 0.2) is 11.5 Å². The van der Waals surface area contributed by atoms with Crippen LogP contribution in [0.4, 0.5) is 11.4 Å². The average Bonchev–Trinajstić information content (AvgIpc) is 2.42. The minimum atomic E-state index is -1.03. The van der Waals surface area contributed by atoms with E-state index in [9.17, 15) is 9.59 Å². The normalized spacial score (nSPS) is 17.2. The summed E-state index contributed by atoms with van der Waals surface area (Å²) in [5, 5.41) is 11.8. The van der Waals surface area contributed by atoms with Crippen molar-refractivity contribution in [3.05, 3.63) is 12.1 Å². The number of carbonyl (C=O) groups is 2. The lowest BCUT2D eigenvalue weighted by atomic mass is 10.1. The molecule has 0 saturated heterocycles. The molecule has 0 bridgehead atoms. The van der Waals surface area contributed by atoms with Crippen LogP contribution < -0.4 is 19.7 Å². The summed E-state index contributed by atoms with van der Waals surface area (Å²) in [5.41, 5.74) is 1.25. The highest BCUT2D eigenvalue weighted by Gasteiger charge is 2.32. The second-order valence-electron chi connectivity index (χ2n) is 4.42. The molecule has 0 spiro atoms. The third-order valence-corrected chi connectivity index (χ3v) is 3.20. The van der Waals surface area contributed by atoms with Crippen LogP contribution in [0.3, 0.4) is 0 Å². The number of benzene rings is 1. The zero-order chi connectivity index (χ0) is 14.9. The van der Waals surface area contributed by atoms with Gasteiger partial charge in [-0.15, -0.1) is 0 Å². The minimum absolute atomic E-state index is 0.281. The summed E-state index contributed by atoms with van der Waals surface area (Å²) in [7, 11) is 4.62. The quantitative estimate of drug-likeness (QED) is 0.853. The van der Waals surface area contributed by atoms with Crippen LogP contribution in [0.25, 0.3) is 0 Å². The fourth-order valence-electron chi connectivity index (χ4n) is 2.18. The summed E-state index contributed by atoms with van der Waals surface area (Å²) in [6.07, 6.45) is -0.281. The molecule has 1 aliphatic rings. The summed E-state index contributed by atoms with van der Waals surface area (Å²) in [5.74, 6) is -0.319. The van der Waals surface area contributed by atoms with Gasteiger partial charge >= 0.3 is 5.97 Å². The lowest BCUT2D eigenvalue weighted by molar-refractivity contribution is -0.138. The second kappa shape index (κ2) is 5.28. The van der Waals surface area contributed by atoms with Crippen LogP contribution >= 0.6 is 0 Å². The van der Waals surface area contributed by atoms with E-state index in [0.29, 0.717) is 22.9 Å². The Hall–Kier alpha value is -2.44. The van der Waals surface area contributed by atoms with E-state index < -0.39 is 12.0 Å². The van der Waals surface area contributed by atoms with Crippen molar-refractivity contribution in [2.24, 2.45) is 0 Å². The van der Waals surface area contributed by atoms with Crippen LogP contribution in [0.5, 0.6) is 11.5 Å². The number of methoxy groups -OCH3 is 2. The van der Waals surface area contributed by atoms with Crippen LogP contribution in [-0.2, 0) is 9.59 Å². The molecule has 0 aromatic heterocycles. The number of hydrogen-bond acceptors (Lipinski definition) is 5. The zero-order valence-electron chi connectivity index (χ0n) is 11.5. The fourth-order valence-corrected chi connectivity index (χ4v) is 2.18. The standard InChI is InChI=1S/C13H16N2O5/c1-15-9-6-11(20-3)10(19-2)4-7(9)14-8(13(15)18)5-12(16)17/h4,6,8,14H,5H2,1-3H3,(H,16,17). The van der Waals surface area contributed by atoms with E-state index in [1.807, 2.05) is 0 Å². The maximum Gasteiger partial charge on any atom is 0.305 e. The predicted octanol–water partition coefficient (Wildman–Crippen LogP) is 0.935. The highest BCUT2D eigenvalue weighted by Crippen LogP contribution is 2.40. The van der Waals surface area contributed by atoms with E-state index >= 15 is 0 Å². The Labute approximate surface area is 116 Å². The molecular formula is C13H16N2O5. The van der Waals surface area contributed by atoms with Gasteiger partial charge in [-0.05, 0) is 0 Å². The lowest BCUT2D eigenvalue weighted by Crippen LogP contribution is -2.46. The van der Waals surface area contributed by atoms with Crippen LogP contribution in [0.15, 0.2) is 12.1 Å². The first-order chi connectivity index (χ1) is 9.47. The summed E-state index contributed by atoms with van der Waals surface area (Å²) < 4.78 is 10.4. The van der Waals surface area contributed by atoms with E-state index in [0.717, 1.165) is 0 Å². The Kier molecular flexibility index (Phi) is 3.69. The number of rotatable bonds is 4. The van der Waals surface area contributed by atoms with Crippen LogP contribution in [0.2, 0.25) is 0 Å². The number of carboxylic acids is 1. The van der Waals surface area contributed by atoms with Crippen molar-refractivity contribution < 1.29 is 24.2 Å². The average molecular weight is 280 g/mol. The van der Waals surface area contributed by atoms with Crippen molar-refractivity contribution in [2.75, 3.05) is 31.5 Å². The SMILES string of the molecule is COc1cc2c(cc1OC)N(C)C(=O)C(CC(=O)O)N2.